The van der Waals surface area contributed by atoms with E-state index in [0.29, 0.717) is 5.82 Å². The van der Waals surface area contributed by atoms with Gasteiger partial charge in [0.2, 0.25) is 0 Å². The van der Waals surface area contributed by atoms with Gasteiger partial charge in [-0.1, -0.05) is 20.8 Å². The zero-order valence-electron chi connectivity index (χ0n) is 10.8. The minimum Gasteiger partial charge on any atom is -0.224 e. The fraction of sp³-hybridized carbons (Fsp3) is 0.500. The number of sulfone groups is 1. The average molecular weight is 308 g/mol. The van der Waals surface area contributed by atoms with E-state index in [1.807, 2.05) is 20.8 Å². The monoisotopic (exact) mass is 308 g/mol. The van der Waals surface area contributed by atoms with Crippen molar-refractivity contribution < 1.29 is 21.6 Å². The van der Waals surface area contributed by atoms with Gasteiger partial charge in [0.25, 0.3) is 9.84 Å². The molecule has 0 saturated heterocycles. The zero-order valence-corrected chi connectivity index (χ0v) is 11.6. The molecule has 0 radical (unpaired) electrons. The molecule has 0 bridgehead atoms. The fourth-order valence-electron chi connectivity index (χ4n) is 1.36. The summed E-state index contributed by atoms with van der Waals surface area (Å²) in [5.41, 5.74) is -5.83. The molecule has 0 spiro atoms. The minimum atomic E-state index is -5.49. The Morgan fingerprint density at radius 1 is 1.20 bits per heavy atom. The average Bonchev–Trinajstić information content (AvgIpc) is 2.69. The van der Waals surface area contributed by atoms with Gasteiger partial charge in [-0.3, -0.25) is 0 Å². The van der Waals surface area contributed by atoms with Gasteiger partial charge in [-0.2, -0.15) is 13.2 Å². The molecule has 0 aliphatic heterocycles. The number of rotatable bonds is 1. The first kappa shape index (κ1) is 14.7. The van der Waals surface area contributed by atoms with Crippen molar-refractivity contribution in [2.24, 2.45) is 0 Å². The van der Waals surface area contributed by atoms with E-state index in [-0.39, 0.29) is 5.65 Å². The van der Waals surface area contributed by atoms with Gasteiger partial charge in [-0.25, -0.2) is 22.9 Å². The Hall–Kier alpha value is -1.71. The standard InChI is InChI=1S/C10H11F3N4O2S/c1-9(2,3)8-15-6-4-7(14-5-17(6)16-8)20(18,19)10(11,12)13/h4-5H,1-3H3. The van der Waals surface area contributed by atoms with Crippen LogP contribution in [-0.2, 0) is 15.3 Å². The van der Waals surface area contributed by atoms with Gasteiger partial charge < -0.3 is 0 Å². The summed E-state index contributed by atoms with van der Waals surface area (Å²) in [4.78, 5) is 7.31. The van der Waals surface area contributed by atoms with Crippen LogP contribution in [0.2, 0.25) is 0 Å². The number of nitrogens with zero attached hydrogens (tertiary/aromatic N) is 4. The van der Waals surface area contributed by atoms with Crippen LogP contribution < -0.4 is 0 Å². The zero-order chi connectivity index (χ0) is 15.3. The van der Waals surface area contributed by atoms with E-state index in [1.54, 1.807) is 0 Å². The van der Waals surface area contributed by atoms with Crippen molar-refractivity contribution in [3.05, 3.63) is 18.2 Å². The molecule has 0 fully saturated rings. The Bertz CT molecular complexity index is 759. The van der Waals surface area contributed by atoms with Crippen LogP contribution in [0.15, 0.2) is 17.4 Å². The van der Waals surface area contributed by atoms with Crippen molar-refractivity contribution >= 4 is 15.5 Å². The van der Waals surface area contributed by atoms with Crippen molar-refractivity contribution in [1.82, 2.24) is 19.6 Å². The predicted octanol–water partition coefficient (Wildman–Crippen LogP) is 1.72. The molecule has 0 atom stereocenters. The lowest BCUT2D eigenvalue weighted by Crippen LogP contribution is -2.24. The lowest BCUT2D eigenvalue weighted by atomic mass is 9.96. The molecule has 2 aromatic rings. The molecule has 2 heterocycles. The van der Waals surface area contributed by atoms with Crippen LogP contribution in [0.3, 0.4) is 0 Å². The highest BCUT2D eigenvalue weighted by atomic mass is 32.2. The van der Waals surface area contributed by atoms with Crippen molar-refractivity contribution in [3.63, 3.8) is 0 Å². The van der Waals surface area contributed by atoms with Crippen LogP contribution in [-0.4, -0.2) is 33.5 Å². The van der Waals surface area contributed by atoms with E-state index >= 15 is 0 Å². The van der Waals surface area contributed by atoms with Crippen LogP contribution in [0.4, 0.5) is 13.2 Å². The smallest absolute Gasteiger partial charge is 0.224 e. The normalized spacial score (nSPS) is 13.9. The lowest BCUT2D eigenvalue weighted by Gasteiger charge is -2.11. The van der Waals surface area contributed by atoms with E-state index in [2.05, 4.69) is 15.1 Å². The first-order valence-corrected chi connectivity index (χ1v) is 6.95. The van der Waals surface area contributed by atoms with E-state index in [1.165, 1.54) is 0 Å². The molecule has 10 heteroatoms. The van der Waals surface area contributed by atoms with E-state index in [9.17, 15) is 21.6 Å². The molecule has 0 aromatic carbocycles. The van der Waals surface area contributed by atoms with E-state index in [0.717, 1.165) is 16.9 Å². The molecule has 20 heavy (non-hydrogen) atoms. The third-order valence-electron chi connectivity index (χ3n) is 2.46. The summed E-state index contributed by atoms with van der Waals surface area (Å²) in [5, 5.41) is 2.94. The summed E-state index contributed by atoms with van der Waals surface area (Å²) >= 11 is 0. The van der Waals surface area contributed by atoms with Gasteiger partial charge in [0, 0.05) is 11.5 Å². The van der Waals surface area contributed by atoms with E-state index < -0.39 is 25.8 Å². The maximum atomic E-state index is 12.4. The van der Waals surface area contributed by atoms with Gasteiger partial charge in [-0.05, 0) is 0 Å². The molecular weight excluding hydrogens is 297 g/mol. The maximum absolute atomic E-state index is 12.4. The molecule has 2 aromatic heterocycles. The molecule has 0 saturated carbocycles. The van der Waals surface area contributed by atoms with Crippen molar-refractivity contribution in [2.45, 2.75) is 36.7 Å². The Kier molecular flexibility index (Phi) is 3.04. The predicted molar refractivity (Wildman–Crippen MR) is 62.7 cm³/mol. The molecule has 110 valence electrons. The quantitative estimate of drug-likeness (QED) is 0.750. The van der Waals surface area contributed by atoms with Gasteiger partial charge in [-0.15, -0.1) is 5.10 Å². The Labute approximate surface area is 112 Å². The summed E-state index contributed by atoms with van der Waals surface area (Å²) in [6, 6.07) is 0.755. The second-order valence-corrected chi connectivity index (χ2v) is 7.05. The number of halogens is 3. The third kappa shape index (κ3) is 2.35. The summed E-state index contributed by atoms with van der Waals surface area (Å²) in [6.07, 6.45) is 0.899. The summed E-state index contributed by atoms with van der Waals surface area (Å²) < 4.78 is 61.0. The van der Waals surface area contributed by atoms with Crippen LogP contribution in [0.5, 0.6) is 0 Å². The van der Waals surface area contributed by atoms with Gasteiger partial charge in [0.1, 0.15) is 6.33 Å². The summed E-state index contributed by atoms with van der Waals surface area (Å²) in [5.74, 6) is 0.376. The number of fused-ring (bicyclic) bond motifs is 1. The molecule has 6 nitrogen and oxygen atoms in total. The molecule has 0 aliphatic rings. The van der Waals surface area contributed by atoms with Crippen LogP contribution in [0.25, 0.3) is 5.65 Å². The van der Waals surface area contributed by atoms with Crippen LogP contribution in [0.1, 0.15) is 26.6 Å². The Morgan fingerprint density at radius 3 is 2.30 bits per heavy atom. The molecule has 0 amide bonds. The highest BCUT2D eigenvalue weighted by molar-refractivity contribution is 7.92. The fourth-order valence-corrected chi connectivity index (χ4v) is 2.04. The van der Waals surface area contributed by atoms with Crippen molar-refractivity contribution in [3.8, 4) is 0 Å². The summed E-state index contributed by atoms with van der Waals surface area (Å²) in [6.45, 7) is 5.47. The second kappa shape index (κ2) is 4.14. The first-order valence-electron chi connectivity index (χ1n) is 5.47. The van der Waals surface area contributed by atoms with Crippen LogP contribution >= 0.6 is 0 Å². The SMILES string of the molecule is CC(C)(C)c1nc2cc(S(=O)(=O)C(F)(F)F)ncn2n1. The van der Waals surface area contributed by atoms with Crippen molar-refractivity contribution in [1.29, 1.82) is 0 Å². The van der Waals surface area contributed by atoms with Crippen molar-refractivity contribution in [2.75, 3.05) is 0 Å². The highest BCUT2D eigenvalue weighted by Crippen LogP contribution is 2.29. The van der Waals surface area contributed by atoms with Gasteiger partial charge in [0.15, 0.2) is 16.5 Å². The highest BCUT2D eigenvalue weighted by Gasteiger charge is 2.48. The summed E-state index contributed by atoms with van der Waals surface area (Å²) in [7, 11) is -5.49. The molecule has 2 rings (SSSR count). The van der Waals surface area contributed by atoms with E-state index in [4.69, 9.17) is 0 Å². The van der Waals surface area contributed by atoms with Crippen LogP contribution in [0, 0.1) is 0 Å². The largest absolute Gasteiger partial charge is 0.503 e. The number of hydrogen-bond acceptors (Lipinski definition) is 5. The molecular formula is C10H11F3N4O2S. The lowest BCUT2D eigenvalue weighted by molar-refractivity contribution is -0.0438. The second-order valence-electron chi connectivity index (χ2n) is 5.16. The topological polar surface area (TPSA) is 77.2 Å². The molecule has 0 aliphatic carbocycles. The molecule has 0 N–H and O–H groups in total. The number of hydrogen-bond donors (Lipinski definition) is 0. The maximum Gasteiger partial charge on any atom is 0.503 e. The van der Waals surface area contributed by atoms with Gasteiger partial charge >= 0.3 is 5.51 Å². The third-order valence-corrected chi connectivity index (χ3v) is 3.84. The minimum absolute atomic E-state index is 0.00671. The Morgan fingerprint density at radius 2 is 1.80 bits per heavy atom. The number of alkyl halides is 3. The Balaban J connectivity index is 2.61. The first-order chi connectivity index (χ1) is 8.93. The number of aromatic nitrogens is 4. The van der Waals surface area contributed by atoms with Gasteiger partial charge in [0.05, 0.1) is 0 Å². The molecule has 0 unspecified atom stereocenters.